The molecule has 0 radical (unpaired) electrons. The Balaban J connectivity index is 3.39. The van der Waals surface area contributed by atoms with Crippen molar-refractivity contribution in [3.63, 3.8) is 0 Å². The molecule has 0 spiro atoms. The summed E-state index contributed by atoms with van der Waals surface area (Å²) in [6, 6.07) is 0. The van der Waals surface area contributed by atoms with Gasteiger partial charge in [0.25, 0.3) is 8.24 Å². The molecular formula is C4H14N3Si+. The van der Waals surface area contributed by atoms with Crippen molar-refractivity contribution in [2.75, 3.05) is 7.05 Å². The van der Waals surface area contributed by atoms with Crippen LogP contribution in [0.4, 0.5) is 0 Å². The van der Waals surface area contributed by atoms with Crippen LogP contribution >= 0.6 is 0 Å². The highest BCUT2D eigenvalue weighted by atomic mass is 28.3. The van der Waals surface area contributed by atoms with Gasteiger partial charge in [0.05, 0.1) is 12.3 Å². The van der Waals surface area contributed by atoms with Gasteiger partial charge >= 0.3 is 0 Å². The molecule has 0 saturated carbocycles. The highest BCUT2D eigenvalue weighted by Gasteiger charge is 2.18. The van der Waals surface area contributed by atoms with Crippen LogP contribution in [0.1, 0.15) is 0 Å². The van der Waals surface area contributed by atoms with E-state index in [1.165, 1.54) is 0 Å². The van der Waals surface area contributed by atoms with E-state index in [4.69, 9.17) is 0 Å². The Morgan fingerprint density at radius 2 is 1.88 bits per heavy atom. The van der Waals surface area contributed by atoms with Gasteiger partial charge in [-0.25, -0.2) is 5.09 Å². The number of hydrogen-bond acceptors (Lipinski definition) is 1. The first-order chi connectivity index (χ1) is 3.56. The highest BCUT2D eigenvalue weighted by Crippen LogP contribution is 1.91. The van der Waals surface area contributed by atoms with Crippen molar-refractivity contribution in [1.82, 2.24) is 5.09 Å². The molecule has 0 aromatic rings. The molecule has 0 rings (SSSR count). The predicted molar refractivity (Wildman–Crippen MR) is 35.8 cm³/mol. The lowest BCUT2D eigenvalue weighted by Crippen LogP contribution is -2.63. The molecule has 2 N–H and O–H groups in total. The summed E-state index contributed by atoms with van der Waals surface area (Å²) in [4.78, 5) is 0. The molecule has 0 unspecified atom stereocenters. The lowest BCUT2D eigenvalue weighted by molar-refractivity contribution is -0.504. The molecular weight excluding hydrogens is 118 g/mol. The first-order valence-corrected chi connectivity index (χ1v) is 6.20. The lowest BCUT2D eigenvalue weighted by atomic mass is 11.6. The van der Waals surface area contributed by atoms with Gasteiger partial charge in [-0.15, -0.1) is 0 Å². The van der Waals surface area contributed by atoms with Crippen molar-refractivity contribution < 1.29 is 5.11 Å². The Morgan fingerprint density at radius 1 is 1.38 bits per heavy atom. The van der Waals surface area contributed by atoms with Gasteiger partial charge in [-0.2, -0.15) is 5.11 Å². The second kappa shape index (κ2) is 2.81. The van der Waals surface area contributed by atoms with E-state index in [-0.39, 0.29) is 0 Å². The molecule has 0 fully saturated rings. The molecule has 3 nitrogen and oxygen atoms in total. The minimum Gasteiger partial charge on any atom is -0.232 e. The van der Waals surface area contributed by atoms with Crippen molar-refractivity contribution in [1.29, 1.82) is 0 Å². The molecule has 0 aliphatic rings. The topological polar surface area (TPSA) is 38.4 Å². The monoisotopic (exact) mass is 132 g/mol. The smallest absolute Gasteiger partial charge is 0.232 e. The largest absolute Gasteiger partial charge is 0.274 e. The van der Waals surface area contributed by atoms with Gasteiger partial charge in [-0.1, -0.05) is 0 Å². The quantitative estimate of drug-likeness (QED) is 0.296. The second-order valence-electron chi connectivity index (χ2n) is 2.70. The van der Waals surface area contributed by atoms with E-state index in [0.717, 1.165) is 0 Å². The standard InChI is InChI=1S/C4H13N3Si/c1-5-6-7-8(2,3)4/h1-4H3,(H,5,7)/p+1. The minimum atomic E-state index is -1.16. The third kappa shape index (κ3) is 5.62. The van der Waals surface area contributed by atoms with E-state index in [1.807, 2.05) is 0 Å². The normalized spacial score (nSPS) is 12.5. The van der Waals surface area contributed by atoms with E-state index >= 15 is 0 Å². The van der Waals surface area contributed by atoms with Gasteiger partial charge in [-0.3, -0.25) is 0 Å². The molecule has 0 aromatic carbocycles. The van der Waals surface area contributed by atoms with Gasteiger partial charge < -0.3 is 0 Å². The van der Waals surface area contributed by atoms with Crippen LogP contribution in [0.2, 0.25) is 19.6 Å². The minimum absolute atomic E-state index is 1.16. The molecule has 0 heterocycles. The fourth-order valence-corrected chi connectivity index (χ4v) is 0.671. The first-order valence-electron chi connectivity index (χ1n) is 2.70. The van der Waals surface area contributed by atoms with Crippen LogP contribution < -0.4 is 10.2 Å². The van der Waals surface area contributed by atoms with Crippen LogP contribution in [0.5, 0.6) is 0 Å². The predicted octanol–water partition coefficient (Wildman–Crippen LogP) is -0.512. The van der Waals surface area contributed by atoms with E-state index < -0.39 is 8.24 Å². The van der Waals surface area contributed by atoms with E-state index in [0.29, 0.717) is 0 Å². The average Bonchev–Trinajstić information content (AvgIpc) is 1.59. The highest BCUT2D eigenvalue weighted by molar-refractivity contribution is 6.73. The maximum Gasteiger partial charge on any atom is 0.274 e. The average molecular weight is 132 g/mol. The SMILES string of the molecule is C[NH+]=NN[Si](C)(C)C. The maximum atomic E-state index is 3.80. The van der Waals surface area contributed by atoms with Crippen LogP contribution in [0.15, 0.2) is 5.22 Å². The number of hydrogen-bond donors (Lipinski definition) is 2. The molecule has 0 aliphatic heterocycles. The number of rotatable bonds is 2. The molecule has 0 aliphatic carbocycles. The van der Waals surface area contributed by atoms with Crippen LogP contribution in [-0.2, 0) is 0 Å². The van der Waals surface area contributed by atoms with Crippen molar-refractivity contribution >= 4 is 8.24 Å². The van der Waals surface area contributed by atoms with Crippen LogP contribution in [-0.4, -0.2) is 15.3 Å². The van der Waals surface area contributed by atoms with E-state index in [1.54, 1.807) is 7.05 Å². The second-order valence-corrected chi connectivity index (χ2v) is 7.42. The van der Waals surface area contributed by atoms with E-state index in [9.17, 15) is 0 Å². The Kier molecular flexibility index (Phi) is 2.68. The molecule has 4 heteroatoms. The Morgan fingerprint density at radius 3 is 2.00 bits per heavy atom. The molecule has 8 heavy (non-hydrogen) atoms. The third-order valence-corrected chi connectivity index (χ3v) is 1.29. The van der Waals surface area contributed by atoms with E-state index in [2.05, 4.69) is 35.1 Å². The molecule has 0 atom stereocenters. The Bertz CT molecular complexity index is 83.8. The summed E-state index contributed by atoms with van der Waals surface area (Å²) in [5, 5.41) is 9.50. The summed E-state index contributed by atoms with van der Waals surface area (Å²) in [6.07, 6.45) is 0. The Hall–Kier alpha value is -0.383. The molecule has 0 saturated heterocycles. The fourth-order valence-electron chi connectivity index (χ4n) is 0.224. The van der Waals surface area contributed by atoms with Gasteiger partial charge in [0.15, 0.2) is 0 Å². The van der Waals surface area contributed by atoms with Gasteiger partial charge in [-0.05, 0) is 19.6 Å². The van der Waals surface area contributed by atoms with Crippen molar-refractivity contribution in [2.45, 2.75) is 19.6 Å². The van der Waals surface area contributed by atoms with Crippen molar-refractivity contribution in [3.05, 3.63) is 0 Å². The summed E-state index contributed by atoms with van der Waals surface area (Å²) in [5.41, 5.74) is 0. The maximum absolute atomic E-state index is 3.80. The first kappa shape index (κ1) is 7.62. The molecule has 48 valence electrons. The van der Waals surface area contributed by atoms with Gasteiger partial charge in [0.1, 0.15) is 0 Å². The number of nitrogens with zero attached hydrogens (tertiary/aromatic N) is 1. The summed E-state index contributed by atoms with van der Waals surface area (Å²) in [6.45, 7) is 6.56. The summed E-state index contributed by atoms with van der Waals surface area (Å²) < 4.78 is 0. The fraction of sp³-hybridized carbons (Fsp3) is 1.00. The van der Waals surface area contributed by atoms with Gasteiger partial charge in [0.2, 0.25) is 0 Å². The van der Waals surface area contributed by atoms with Crippen molar-refractivity contribution in [2.24, 2.45) is 5.22 Å². The van der Waals surface area contributed by atoms with Crippen LogP contribution in [0.3, 0.4) is 0 Å². The third-order valence-electron chi connectivity index (χ3n) is 0.503. The zero-order valence-corrected chi connectivity index (χ0v) is 6.95. The summed E-state index contributed by atoms with van der Waals surface area (Å²) >= 11 is 0. The zero-order chi connectivity index (χ0) is 6.62. The van der Waals surface area contributed by atoms with Gasteiger partial charge in [0, 0.05) is 0 Å². The zero-order valence-electron chi connectivity index (χ0n) is 5.95. The molecule has 0 aromatic heterocycles. The van der Waals surface area contributed by atoms with Crippen LogP contribution in [0.25, 0.3) is 0 Å². The summed E-state index contributed by atoms with van der Waals surface area (Å²) in [5.74, 6) is 0. The summed E-state index contributed by atoms with van der Waals surface area (Å²) in [7, 11) is 0.628. The van der Waals surface area contributed by atoms with Crippen LogP contribution in [0, 0.1) is 0 Å². The molecule has 0 bridgehead atoms. The van der Waals surface area contributed by atoms with Crippen molar-refractivity contribution in [3.8, 4) is 0 Å². The number of nitrogens with one attached hydrogen (secondary N) is 2. The Labute approximate surface area is 51.3 Å². The molecule has 0 amide bonds. The lowest BCUT2D eigenvalue weighted by Gasteiger charge is -2.03.